The lowest BCUT2D eigenvalue weighted by atomic mass is 9.95. The molecule has 2 aromatic carbocycles. The second-order valence-corrected chi connectivity index (χ2v) is 7.01. The summed E-state index contributed by atoms with van der Waals surface area (Å²) in [6.07, 6.45) is 1.60. The van der Waals surface area contributed by atoms with Gasteiger partial charge < -0.3 is 15.2 Å². The third kappa shape index (κ3) is 4.42. The molecule has 0 aliphatic heterocycles. The molecule has 1 aliphatic rings. The van der Waals surface area contributed by atoms with Gasteiger partial charge in [-0.05, 0) is 37.1 Å². The lowest BCUT2D eigenvalue weighted by Gasteiger charge is -2.16. The van der Waals surface area contributed by atoms with E-state index in [0.29, 0.717) is 19.3 Å². The Bertz CT molecular complexity index is 886. The summed E-state index contributed by atoms with van der Waals surface area (Å²) in [5, 5.41) is 11.9. The van der Waals surface area contributed by atoms with Gasteiger partial charge in [-0.3, -0.25) is 9.59 Å². The molecule has 2 atom stereocenters. The molecule has 0 spiro atoms. The number of aliphatic carboxylic acids is 1. The first-order valence-corrected chi connectivity index (χ1v) is 9.13. The van der Waals surface area contributed by atoms with Gasteiger partial charge in [-0.1, -0.05) is 24.1 Å². The first-order chi connectivity index (χ1) is 13.4. The van der Waals surface area contributed by atoms with Gasteiger partial charge in [0.25, 0.3) is 0 Å². The summed E-state index contributed by atoms with van der Waals surface area (Å²) >= 11 is 5.91. The molecule has 2 unspecified atom stereocenters. The van der Waals surface area contributed by atoms with Crippen LogP contribution in [0, 0.1) is 23.5 Å². The van der Waals surface area contributed by atoms with E-state index in [1.165, 1.54) is 30.3 Å². The van der Waals surface area contributed by atoms with Gasteiger partial charge in [0, 0.05) is 17.3 Å². The minimum atomic E-state index is -1.00. The van der Waals surface area contributed by atoms with Crippen molar-refractivity contribution < 1.29 is 28.2 Å². The van der Waals surface area contributed by atoms with Gasteiger partial charge in [0.2, 0.25) is 5.91 Å². The van der Waals surface area contributed by atoms with Crippen molar-refractivity contribution >= 4 is 29.2 Å². The third-order valence-corrected chi connectivity index (χ3v) is 5.16. The molecule has 0 heterocycles. The van der Waals surface area contributed by atoms with E-state index < -0.39 is 35.3 Å². The molecule has 2 N–H and O–H groups in total. The highest BCUT2D eigenvalue weighted by molar-refractivity contribution is 6.31. The van der Waals surface area contributed by atoms with Crippen molar-refractivity contribution in [2.24, 2.45) is 11.8 Å². The lowest BCUT2D eigenvalue weighted by Crippen LogP contribution is -2.30. The van der Waals surface area contributed by atoms with Crippen LogP contribution in [-0.2, 0) is 16.2 Å². The number of halogens is 3. The summed E-state index contributed by atoms with van der Waals surface area (Å²) in [5.41, 5.74) is 0.303. The van der Waals surface area contributed by atoms with E-state index in [1.807, 2.05) is 0 Å². The van der Waals surface area contributed by atoms with Crippen LogP contribution >= 0.6 is 11.6 Å². The minimum Gasteiger partial charge on any atom is -0.486 e. The van der Waals surface area contributed by atoms with Crippen molar-refractivity contribution in [2.75, 3.05) is 5.32 Å². The van der Waals surface area contributed by atoms with Gasteiger partial charge in [-0.25, -0.2) is 8.78 Å². The summed E-state index contributed by atoms with van der Waals surface area (Å²) in [5.74, 6) is -4.23. The maximum atomic E-state index is 14.3. The van der Waals surface area contributed by atoms with Crippen molar-refractivity contribution in [3.05, 3.63) is 58.6 Å². The number of rotatable bonds is 6. The summed E-state index contributed by atoms with van der Waals surface area (Å²) in [4.78, 5) is 23.5. The van der Waals surface area contributed by atoms with Crippen LogP contribution in [-0.4, -0.2) is 17.0 Å². The largest absolute Gasteiger partial charge is 0.486 e. The summed E-state index contributed by atoms with van der Waals surface area (Å²) in [7, 11) is 0. The molecule has 1 fully saturated rings. The normalized spacial score (nSPS) is 18.7. The lowest BCUT2D eigenvalue weighted by molar-refractivity contribution is -0.145. The van der Waals surface area contributed by atoms with Crippen LogP contribution in [0.15, 0.2) is 36.4 Å². The van der Waals surface area contributed by atoms with Gasteiger partial charge >= 0.3 is 5.97 Å². The number of nitrogens with one attached hydrogen (secondary N) is 1. The third-order valence-electron chi connectivity index (χ3n) is 4.80. The van der Waals surface area contributed by atoms with E-state index in [2.05, 4.69) is 5.32 Å². The molecular formula is C20H18ClF2NO4. The first kappa shape index (κ1) is 20.1. The number of carboxylic acid groups (broad SMARTS) is 1. The second-order valence-electron chi connectivity index (χ2n) is 6.61. The van der Waals surface area contributed by atoms with E-state index in [9.17, 15) is 23.5 Å². The zero-order valence-electron chi connectivity index (χ0n) is 14.8. The highest BCUT2D eigenvalue weighted by atomic mass is 35.5. The van der Waals surface area contributed by atoms with Gasteiger partial charge in [-0.2, -0.15) is 0 Å². The fourth-order valence-electron chi connectivity index (χ4n) is 3.32. The van der Waals surface area contributed by atoms with E-state index in [-0.39, 0.29) is 28.6 Å². The summed E-state index contributed by atoms with van der Waals surface area (Å²) in [6.45, 7) is -0.253. The van der Waals surface area contributed by atoms with Crippen LogP contribution in [0.2, 0.25) is 5.02 Å². The fraction of sp³-hybridized carbons (Fsp3) is 0.300. The Hall–Kier alpha value is -2.67. The Morgan fingerprint density at radius 2 is 1.89 bits per heavy atom. The van der Waals surface area contributed by atoms with Crippen LogP contribution in [0.4, 0.5) is 14.5 Å². The van der Waals surface area contributed by atoms with Crippen molar-refractivity contribution in [2.45, 2.75) is 25.9 Å². The van der Waals surface area contributed by atoms with Crippen molar-refractivity contribution in [1.82, 2.24) is 0 Å². The van der Waals surface area contributed by atoms with Crippen LogP contribution in [0.25, 0.3) is 0 Å². The molecule has 1 saturated carbocycles. The first-order valence-electron chi connectivity index (χ1n) is 8.75. The summed E-state index contributed by atoms with van der Waals surface area (Å²) in [6, 6.07) is 8.01. The maximum Gasteiger partial charge on any atom is 0.307 e. The molecule has 3 rings (SSSR count). The van der Waals surface area contributed by atoms with Gasteiger partial charge in [0.15, 0.2) is 11.6 Å². The van der Waals surface area contributed by atoms with E-state index in [0.717, 1.165) is 6.07 Å². The number of ether oxygens (including phenoxy) is 1. The molecule has 0 aromatic heterocycles. The Morgan fingerprint density at radius 3 is 2.57 bits per heavy atom. The average Bonchev–Trinajstić information content (AvgIpc) is 3.13. The van der Waals surface area contributed by atoms with Crippen molar-refractivity contribution in [3.63, 3.8) is 0 Å². The van der Waals surface area contributed by atoms with Crippen LogP contribution < -0.4 is 10.1 Å². The van der Waals surface area contributed by atoms with Crippen LogP contribution in [0.5, 0.6) is 5.75 Å². The number of benzene rings is 2. The maximum absolute atomic E-state index is 14.3. The molecule has 0 bridgehead atoms. The van der Waals surface area contributed by atoms with E-state index in [1.54, 1.807) is 0 Å². The number of anilines is 1. The number of carbonyl (C=O) groups is 2. The van der Waals surface area contributed by atoms with E-state index in [4.69, 9.17) is 16.3 Å². The molecule has 28 heavy (non-hydrogen) atoms. The zero-order chi connectivity index (χ0) is 20.3. The predicted octanol–water partition coefficient (Wildman–Crippen LogP) is 4.64. The minimum absolute atomic E-state index is 0.113. The molecule has 1 aliphatic carbocycles. The molecular weight excluding hydrogens is 392 g/mol. The Balaban J connectivity index is 1.65. The number of hydrogen-bond acceptors (Lipinski definition) is 3. The van der Waals surface area contributed by atoms with Gasteiger partial charge in [0.1, 0.15) is 12.4 Å². The van der Waals surface area contributed by atoms with Crippen LogP contribution in [0.1, 0.15) is 24.8 Å². The quantitative estimate of drug-likeness (QED) is 0.729. The predicted molar refractivity (Wildman–Crippen MR) is 99.2 cm³/mol. The van der Waals surface area contributed by atoms with Gasteiger partial charge in [0.05, 0.1) is 16.9 Å². The second kappa shape index (κ2) is 8.56. The summed E-state index contributed by atoms with van der Waals surface area (Å²) < 4.78 is 33.3. The SMILES string of the molecule is O=C(O)C1CCCC1C(=O)Nc1ccc(OCc2c(F)cccc2Cl)c(F)c1. The van der Waals surface area contributed by atoms with Crippen LogP contribution in [0.3, 0.4) is 0 Å². The molecule has 148 valence electrons. The van der Waals surface area contributed by atoms with Crippen molar-refractivity contribution in [1.29, 1.82) is 0 Å². The fourth-order valence-corrected chi connectivity index (χ4v) is 3.54. The highest BCUT2D eigenvalue weighted by Crippen LogP contribution is 2.33. The monoisotopic (exact) mass is 409 g/mol. The molecule has 2 aromatic rings. The molecule has 0 radical (unpaired) electrons. The number of hydrogen-bond donors (Lipinski definition) is 2. The molecule has 0 saturated heterocycles. The highest BCUT2D eigenvalue weighted by Gasteiger charge is 2.37. The van der Waals surface area contributed by atoms with E-state index >= 15 is 0 Å². The van der Waals surface area contributed by atoms with Gasteiger partial charge in [-0.15, -0.1) is 0 Å². The topological polar surface area (TPSA) is 75.6 Å². The standard InChI is InChI=1S/C20H18ClF2NO4/c21-15-5-2-6-16(22)14(15)10-28-18-8-7-11(9-17(18)23)24-19(25)12-3-1-4-13(12)20(26)27/h2,5-9,12-13H,1,3-4,10H2,(H,24,25)(H,26,27). The molecule has 1 amide bonds. The number of amides is 1. The Morgan fingerprint density at radius 1 is 1.14 bits per heavy atom. The molecule has 8 heteroatoms. The Labute approximate surface area is 165 Å². The molecule has 5 nitrogen and oxygen atoms in total. The Kier molecular flexibility index (Phi) is 6.14. The average molecular weight is 410 g/mol. The zero-order valence-corrected chi connectivity index (χ0v) is 15.5. The smallest absolute Gasteiger partial charge is 0.307 e. The van der Waals surface area contributed by atoms with Crippen molar-refractivity contribution in [3.8, 4) is 5.75 Å². The number of carboxylic acids is 1. The number of carbonyl (C=O) groups excluding carboxylic acids is 1.